The highest BCUT2D eigenvalue weighted by Gasteiger charge is 2.30. The first-order valence-electron chi connectivity index (χ1n) is 9.25. The largest absolute Gasteiger partial charge is 0.391 e. The summed E-state index contributed by atoms with van der Waals surface area (Å²) in [6.45, 7) is 4.11. The van der Waals surface area contributed by atoms with Gasteiger partial charge in [-0.25, -0.2) is 4.79 Å². The van der Waals surface area contributed by atoms with Crippen molar-refractivity contribution in [2.75, 3.05) is 10.2 Å². The van der Waals surface area contributed by atoms with Crippen LogP contribution >= 0.6 is 31.9 Å². The fourth-order valence-electron chi connectivity index (χ4n) is 3.06. The van der Waals surface area contributed by atoms with Gasteiger partial charge in [-0.15, -0.1) is 0 Å². The van der Waals surface area contributed by atoms with Crippen LogP contribution in [0.3, 0.4) is 0 Å². The lowest BCUT2D eigenvalue weighted by molar-refractivity contribution is 0.127. The zero-order chi connectivity index (χ0) is 19.8. The molecule has 0 aliphatic rings. The van der Waals surface area contributed by atoms with Crippen LogP contribution in [-0.4, -0.2) is 23.3 Å². The van der Waals surface area contributed by atoms with Gasteiger partial charge in [0.25, 0.3) is 0 Å². The molecule has 0 heterocycles. The number of nitrogens with zero attached hydrogens (tertiary/aromatic N) is 1. The van der Waals surface area contributed by atoms with Crippen LogP contribution in [0.1, 0.15) is 39.5 Å². The van der Waals surface area contributed by atoms with E-state index in [0.29, 0.717) is 12.1 Å². The molecule has 2 aromatic carbocycles. The van der Waals surface area contributed by atoms with Gasteiger partial charge in [-0.05, 0) is 61.4 Å². The number of aliphatic hydroxyl groups excluding tert-OH is 1. The normalized spacial score (nSPS) is 13.1. The Balaban J connectivity index is 2.35. The lowest BCUT2D eigenvalue weighted by Gasteiger charge is -2.35. The number of hydrogen-bond donors (Lipinski definition) is 2. The number of carbonyl (C=O) groups excluding carboxylic acids is 1. The predicted octanol–water partition coefficient (Wildman–Crippen LogP) is 6.58. The van der Waals surface area contributed by atoms with Gasteiger partial charge in [-0.2, -0.15) is 0 Å². The zero-order valence-corrected chi connectivity index (χ0v) is 18.8. The highest BCUT2D eigenvalue weighted by Crippen LogP contribution is 2.26. The predicted molar refractivity (Wildman–Crippen MR) is 119 cm³/mol. The molecule has 0 saturated heterocycles. The summed E-state index contributed by atoms with van der Waals surface area (Å²) >= 11 is 6.84. The minimum absolute atomic E-state index is 0.242. The molecule has 0 radical (unpaired) electrons. The Kier molecular flexibility index (Phi) is 8.80. The number of carbonyl (C=O) groups is 1. The molecule has 0 spiro atoms. The number of halogens is 2. The minimum Gasteiger partial charge on any atom is -0.391 e. The summed E-state index contributed by atoms with van der Waals surface area (Å²) in [6, 6.07) is 14.5. The van der Waals surface area contributed by atoms with Gasteiger partial charge in [-0.3, -0.25) is 4.90 Å². The number of aliphatic hydroxyl groups is 1. The average Bonchev–Trinajstić information content (AvgIpc) is 2.65. The van der Waals surface area contributed by atoms with Gasteiger partial charge < -0.3 is 10.4 Å². The maximum Gasteiger partial charge on any atom is 0.326 e. The van der Waals surface area contributed by atoms with E-state index in [1.54, 1.807) is 4.90 Å². The molecule has 2 unspecified atom stereocenters. The standard InChI is InChI=1S/C21H26Br2N2O2/c1-3-5-19(20(26)6-4-2)25(18-13-9-16(23)10-14-18)21(27)24-17-11-7-15(22)8-12-17/h7-14,19-20,26H,3-6H2,1-2H3,(H,24,27). The van der Waals surface area contributed by atoms with Gasteiger partial charge in [0.1, 0.15) is 0 Å². The number of rotatable bonds is 8. The second-order valence-electron chi connectivity index (χ2n) is 6.50. The topological polar surface area (TPSA) is 52.6 Å². The summed E-state index contributed by atoms with van der Waals surface area (Å²) in [5.41, 5.74) is 1.48. The number of amides is 2. The van der Waals surface area contributed by atoms with E-state index in [1.165, 1.54) is 0 Å². The van der Waals surface area contributed by atoms with Crippen molar-refractivity contribution in [3.05, 3.63) is 57.5 Å². The van der Waals surface area contributed by atoms with E-state index in [4.69, 9.17) is 0 Å². The number of nitrogens with one attached hydrogen (secondary N) is 1. The summed E-state index contributed by atoms with van der Waals surface area (Å²) in [6.07, 6.45) is 2.55. The van der Waals surface area contributed by atoms with Crippen LogP contribution in [-0.2, 0) is 0 Å². The monoisotopic (exact) mass is 496 g/mol. The van der Waals surface area contributed by atoms with Gasteiger partial charge in [-0.1, -0.05) is 58.5 Å². The molecule has 0 saturated carbocycles. The van der Waals surface area contributed by atoms with Crippen molar-refractivity contribution in [3.63, 3.8) is 0 Å². The van der Waals surface area contributed by atoms with Gasteiger partial charge in [0, 0.05) is 20.3 Å². The molecule has 6 heteroatoms. The van der Waals surface area contributed by atoms with Crippen LogP contribution in [0.25, 0.3) is 0 Å². The fraction of sp³-hybridized carbons (Fsp3) is 0.381. The molecule has 2 amide bonds. The lowest BCUT2D eigenvalue weighted by atomic mass is 9.99. The van der Waals surface area contributed by atoms with Crippen molar-refractivity contribution < 1.29 is 9.90 Å². The van der Waals surface area contributed by atoms with Gasteiger partial charge in [0.05, 0.1) is 12.1 Å². The Hall–Kier alpha value is -1.37. The smallest absolute Gasteiger partial charge is 0.326 e. The van der Waals surface area contributed by atoms with Crippen molar-refractivity contribution in [2.24, 2.45) is 0 Å². The summed E-state index contributed by atoms with van der Waals surface area (Å²) in [5, 5.41) is 13.7. The first-order chi connectivity index (χ1) is 13.0. The van der Waals surface area contributed by atoms with Crippen LogP contribution in [0.15, 0.2) is 57.5 Å². The van der Waals surface area contributed by atoms with Crippen LogP contribution < -0.4 is 10.2 Å². The van der Waals surface area contributed by atoms with E-state index in [1.807, 2.05) is 55.5 Å². The van der Waals surface area contributed by atoms with Crippen LogP contribution in [0.2, 0.25) is 0 Å². The highest BCUT2D eigenvalue weighted by atomic mass is 79.9. The molecule has 0 aliphatic carbocycles. The Labute approximate surface area is 178 Å². The molecular weight excluding hydrogens is 472 g/mol. The third-order valence-electron chi connectivity index (χ3n) is 4.36. The van der Waals surface area contributed by atoms with E-state index in [-0.39, 0.29) is 12.1 Å². The average molecular weight is 498 g/mol. The molecule has 27 heavy (non-hydrogen) atoms. The molecule has 2 rings (SSSR count). The minimum atomic E-state index is -0.575. The third kappa shape index (κ3) is 6.33. The number of anilines is 2. The lowest BCUT2D eigenvalue weighted by Crippen LogP contribution is -2.49. The van der Waals surface area contributed by atoms with Crippen molar-refractivity contribution in [1.29, 1.82) is 0 Å². The van der Waals surface area contributed by atoms with Crippen molar-refractivity contribution in [1.82, 2.24) is 0 Å². The van der Waals surface area contributed by atoms with Crippen molar-refractivity contribution in [3.8, 4) is 0 Å². The van der Waals surface area contributed by atoms with Crippen LogP contribution in [0.5, 0.6) is 0 Å². The Bertz CT molecular complexity index is 720. The molecule has 2 atom stereocenters. The molecular formula is C21H26Br2N2O2. The fourth-order valence-corrected chi connectivity index (χ4v) is 3.58. The quantitative estimate of drug-likeness (QED) is 0.432. The Morgan fingerprint density at radius 2 is 1.48 bits per heavy atom. The molecule has 146 valence electrons. The Morgan fingerprint density at radius 1 is 0.963 bits per heavy atom. The molecule has 2 aromatic rings. The molecule has 0 aliphatic heterocycles. The maximum absolute atomic E-state index is 13.2. The van der Waals surface area contributed by atoms with E-state index in [2.05, 4.69) is 44.1 Å². The summed E-state index contributed by atoms with van der Waals surface area (Å²) in [7, 11) is 0. The number of hydrogen-bond acceptors (Lipinski definition) is 2. The van der Waals surface area contributed by atoms with E-state index < -0.39 is 6.10 Å². The van der Waals surface area contributed by atoms with Crippen molar-refractivity contribution >= 4 is 49.3 Å². The SMILES string of the molecule is CCCC(O)C(CCC)N(C(=O)Nc1ccc(Br)cc1)c1ccc(Br)cc1. The summed E-state index contributed by atoms with van der Waals surface area (Å²) in [5.74, 6) is 0. The van der Waals surface area contributed by atoms with Crippen LogP contribution in [0, 0.1) is 0 Å². The molecule has 4 nitrogen and oxygen atoms in total. The second-order valence-corrected chi connectivity index (χ2v) is 8.33. The van der Waals surface area contributed by atoms with E-state index in [9.17, 15) is 9.90 Å². The van der Waals surface area contributed by atoms with Crippen LogP contribution in [0.4, 0.5) is 16.2 Å². The van der Waals surface area contributed by atoms with E-state index in [0.717, 1.165) is 33.9 Å². The number of benzene rings is 2. The van der Waals surface area contributed by atoms with Gasteiger partial charge in [0.2, 0.25) is 0 Å². The maximum atomic E-state index is 13.2. The first kappa shape index (κ1) is 21.9. The summed E-state index contributed by atoms with van der Waals surface area (Å²) in [4.78, 5) is 14.9. The third-order valence-corrected chi connectivity index (χ3v) is 5.42. The second kappa shape index (κ2) is 10.8. The van der Waals surface area contributed by atoms with E-state index >= 15 is 0 Å². The highest BCUT2D eigenvalue weighted by molar-refractivity contribution is 9.10. The molecule has 0 bridgehead atoms. The first-order valence-corrected chi connectivity index (χ1v) is 10.8. The Morgan fingerprint density at radius 3 is 2.00 bits per heavy atom. The van der Waals surface area contributed by atoms with Gasteiger partial charge in [0.15, 0.2) is 0 Å². The molecule has 0 fully saturated rings. The molecule has 2 N–H and O–H groups in total. The van der Waals surface area contributed by atoms with Gasteiger partial charge >= 0.3 is 6.03 Å². The van der Waals surface area contributed by atoms with Crippen molar-refractivity contribution in [2.45, 2.75) is 51.7 Å². The number of urea groups is 1. The molecule has 0 aromatic heterocycles. The zero-order valence-electron chi connectivity index (χ0n) is 15.7. The summed E-state index contributed by atoms with van der Waals surface area (Å²) < 4.78 is 1.90.